The molecule has 0 saturated heterocycles. The van der Waals surface area contributed by atoms with Crippen LogP contribution in [0.2, 0.25) is 0 Å². The summed E-state index contributed by atoms with van der Waals surface area (Å²) in [6.45, 7) is 3.46. The van der Waals surface area contributed by atoms with Gasteiger partial charge in [0.2, 0.25) is 10.0 Å². The number of nitrogens with one attached hydrogen (secondary N) is 2. The number of hydrogen-bond donors (Lipinski definition) is 2. The van der Waals surface area contributed by atoms with Crippen molar-refractivity contribution in [3.05, 3.63) is 29.8 Å². The zero-order valence-corrected chi connectivity index (χ0v) is 13.8. The minimum atomic E-state index is -3.40. The van der Waals surface area contributed by atoms with E-state index in [-0.39, 0.29) is 5.41 Å². The third-order valence-electron chi connectivity index (χ3n) is 4.36. The highest BCUT2D eigenvalue weighted by Gasteiger charge is 2.28. The van der Waals surface area contributed by atoms with Gasteiger partial charge in [-0.1, -0.05) is 38.3 Å². The molecule has 1 fully saturated rings. The molecule has 4 nitrogen and oxygen atoms in total. The molecule has 0 spiro atoms. The molecule has 0 bridgehead atoms. The molecule has 1 aromatic rings. The van der Waals surface area contributed by atoms with Crippen LogP contribution in [-0.4, -0.2) is 22.0 Å². The normalized spacial score (nSPS) is 18.6. The summed E-state index contributed by atoms with van der Waals surface area (Å²) in [5.74, 6) is 0. The van der Waals surface area contributed by atoms with Crippen molar-refractivity contribution in [1.29, 1.82) is 0 Å². The second kappa shape index (κ2) is 6.90. The van der Waals surface area contributed by atoms with E-state index in [0.717, 1.165) is 24.9 Å². The lowest BCUT2D eigenvalue weighted by atomic mass is 9.76. The predicted molar refractivity (Wildman–Crippen MR) is 85.6 cm³/mol. The van der Waals surface area contributed by atoms with Crippen molar-refractivity contribution in [1.82, 2.24) is 10.0 Å². The molecule has 118 valence electrons. The summed E-state index contributed by atoms with van der Waals surface area (Å²) < 4.78 is 27.5. The van der Waals surface area contributed by atoms with Gasteiger partial charge in [-0.25, -0.2) is 13.1 Å². The standard InChI is InChI=1S/C16H26N2O2S/c1-16(10-4-3-5-11-16)13-18-21(19,20)15-8-6-14(7-9-15)12-17-2/h6-9,17-18H,3-5,10-13H2,1-2H3. The van der Waals surface area contributed by atoms with Crippen LogP contribution in [-0.2, 0) is 16.6 Å². The van der Waals surface area contributed by atoms with Gasteiger partial charge in [-0.3, -0.25) is 0 Å². The van der Waals surface area contributed by atoms with E-state index in [4.69, 9.17) is 0 Å². The quantitative estimate of drug-likeness (QED) is 0.849. The Morgan fingerprint density at radius 2 is 1.71 bits per heavy atom. The molecule has 0 heterocycles. The highest BCUT2D eigenvalue weighted by atomic mass is 32.2. The average molecular weight is 310 g/mol. The molecule has 1 saturated carbocycles. The zero-order chi connectivity index (χ0) is 15.3. The highest BCUT2D eigenvalue weighted by molar-refractivity contribution is 7.89. The van der Waals surface area contributed by atoms with Crippen LogP contribution in [0.15, 0.2) is 29.2 Å². The number of rotatable bonds is 6. The van der Waals surface area contributed by atoms with Crippen LogP contribution in [0.4, 0.5) is 0 Å². The van der Waals surface area contributed by atoms with Crippen LogP contribution in [0.5, 0.6) is 0 Å². The first-order chi connectivity index (χ1) is 9.95. The van der Waals surface area contributed by atoms with Crippen LogP contribution in [0, 0.1) is 5.41 Å². The van der Waals surface area contributed by atoms with Crippen molar-refractivity contribution in [2.45, 2.75) is 50.5 Å². The summed E-state index contributed by atoms with van der Waals surface area (Å²) >= 11 is 0. The molecule has 2 N–H and O–H groups in total. The topological polar surface area (TPSA) is 58.2 Å². The first-order valence-corrected chi connectivity index (χ1v) is 9.17. The minimum Gasteiger partial charge on any atom is -0.316 e. The Morgan fingerprint density at radius 3 is 2.29 bits per heavy atom. The first-order valence-electron chi connectivity index (χ1n) is 7.68. The van der Waals surface area contributed by atoms with E-state index in [1.807, 2.05) is 19.2 Å². The monoisotopic (exact) mass is 310 g/mol. The number of benzene rings is 1. The van der Waals surface area contributed by atoms with Gasteiger partial charge in [-0.2, -0.15) is 0 Å². The number of sulfonamides is 1. The van der Waals surface area contributed by atoms with Crippen molar-refractivity contribution in [3.8, 4) is 0 Å². The van der Waals surface area contributed by atoms with Gasteiger partial charge in [0.1, 0.15) is 0 Å². The minimum absolute atomic E-state index is 0.109. The van der Waals surface area contributed by atoms with Crippen molar-refractivity contribution in [2.24, 2.45) is 5.41 Å². The van der Waals surface area contributed by atoms with Gasteiger partial charge < -0.3 is 5.32 Å². The smallest absolute Gasteiger partial charge is 0.240 e. The van der Waals surface area contributed by atoms with E-state index >= 15 is 0 Å². The molecule has 2 rings (SSSR count). The van der Waals surface area contributed by atoms with Gasteiger partial charge in [-0.15, -0.1) is 0 Å². The lowest BCUT2D eigenvalue weighted by Gasteiger charge is -2.33. The summed E-state index contributed by atoms with van der Waals surface area (Å²) in [4.78, 5) is 0.349. The van der Waals surface area contributed by atoms with E-state index in [0.29, 0.717) is 11.4 Å². The van der Waals surface area contributed by atoms with Gasteiger partial charge in [-0.05, 0) is 43.0 Å². The fraction of sp³-hybridized carbons (Fsp3) is 0.625. The van der Waals surface area contributed by atoms with Crippen molar-refractivity contribution >= 4 is 10.0 Å². The molecule has 0 unspecified atom stereocenters. The third-order valence-corrected chi connectivity index (χ3v) is 5.78. The van der Waals surface area contributed by atoms with Crippen molar-refractivity contribution in [2.75, 3.05) is 13.6 Å². The zero-order valence-electron chi connectivity index (χ0n) is 13.0. The van der Waals surface area contributed by atoms with E-state index in [1.165, 1.54) is 19.3 Å². The highest BCUT2D eigenvalue weighted by Crippen LogP contribution is 2.35. The summed E-state index contributed by atoms with van der Waals surface area (Å²) in [5.41, 5.74) is 1.19. The van der Waals surface area contributed by atoms with E-state index in [2.05, 4.69) is 17.0 Å². The Bertz CT molecular complexity index is 546. The third kappa shape index (κ3) is 4.53. The first kappa shape index (κ1) is 16.5. The van der Waals surface area contributed by atoms with Gasteiger partial charge in [0.15, 0.2) is 0 Å². The Morgan fingerprint density at radius 1 is 1.10 bits per heavy atom. The fourth-order valence-corrected chi connectivity index (χ4v) is 4.12. The molecule has 0 radical (unpaired) electrons. The Kier molecular flexibility index (Phi) is 5.41. The van der Waals surface area contributed by atoms with Crippen LogP contribution < -0.4 is 10.0 Å². The number of hydrogen-bond acceptors (Lipinski definition) is 3. The van der Waals surface area contributed by atoms with Gasteiger partial charge in [0.25, 0.3) is 0 Å². The summed E-state index contributed by atoms with van der Waals surface area (Å²) in [5, 5.41) is 3.05. The largest absolute Gasteiger partial charge is 0.316 e. The maximum atomic E-state index is 12.4. The van der Waals surface area contributed by atoms with E-state index in [1.54, 1.807) is 12.1 Å². The molecule has 0 amide bonds. The van der Waals surface area contributed by atoms with Crippen LogP contribution in [0.3, 0.4) is 0 Å². The van der Waals surface area contributed by atoms with E-state index in [9.17, 15) is 8.42 Å². The maximum absolute atomic E-state index is 12.4. The lowest BCUT2D eigenvalue weighted by molar-refractivity contribution is 0.219. The molecule has 0 aromatic heterocycles. The Labute approximate surface area is 128 Å². The maximum Gasteiger partial charge on any atom is 0.240 e. The van der Waals surface area contributed by atoms with Crippen LogP contribution >= 0.6 is 0 Å². The molecule has 1 aliphatic carbocycles. The fourth-order valence-electron chi connectivity index (χ4n) is 2.93. The molecular weight excluding hydrogens is 284 g/mol. The van der Waals surface area contributed by atoms with Crippen LogP contribution in [0.25, 0.3) is 0 Å². The van der Waals surface area contributed by atoms with Gasteiger partial charge >= 0.3 is 0 Å². The molecular formula is C16H26N2O2S. The molecule has 0 aliphatic heterocycles. The predicted octanol–water partition coefficient (Wildman–Crippen LogP) is 2.65. The molecule has 0 atom stereocenters. The summed E-state index contributed by atoms with van der Waals surface area (Å²) in [6.07, 6.45) is 5.90. The lowest BCUT2D eigenvalue weighted by Crippen LogP contribution is -2.37. The SMILES string of the molecule is CNCc1ccc(S(=O)(=O)NCC2(C)CCCCC2)cc1. The average Bonchev–Trinajstić information content (AvgIpc) is 2.47. The molecule has 1 aromatic carbocycles. The second-order valence-electron chi connectivity index (χ2n) is 6.37. The van der Waals surface area contributed by atoms with Crippen molar-refractivity contribution < 1.29 is 8.42 Å². The van der Waals surface area contributed by atoms with Crippen molar-refractivity contribution in [3.63, 3.8) is 0 Å². The Hall–Kier alpha value is -0.910. The Balaban J connectivity index is 2.00. The summed E-state index contributed by atoms with van der Waals surface area (Å²) in [6, 6.07) is 7.07. The van der Waals surface area contributed by atoms with Gasteiger partial charge in [0, 0.05) is 13.1 Å². The molecule has 5 heteroatoms. The summed E-state index contributed by atoms with van der Waals surface area (Å²) in [7, 11) is -1.53. The second-order valence-corrected chi connectivity index (χ2v) is 8.14. The van der Waals surface area contributed by atoms with Crippen LogP contribution in [0.1, 0.15) is 44.6 Å². The van der Waals surface area contributed by atoms with Gasteiger partial charge in [0.05, 0.1) is 4.90 Å². The molecule has 21 heavy (non-hydrogen) atoms. The van der Waals surface area contributed by atoms with E-state index < -0.39 is 10.0 Å². The molecule has 1 aliphatic rings.